The number of thiocarbonyl (C=S) groups is 1. The third-order valence-corrected chi connectivity index (χ3v) is 4.61. The fraction of sp³-hybridized carbons (Fsp3) is 0.526. The topological polar surface area (TPSA) is 88.3 Å². The van der Waals surface area contributed by atoms with E-state index in [1.54, 1.807) is 18.2 Å². The molecule has 0 saturated heterocycles. The third-order valence-electron chi connectivity index (χ3n) is 4.36. The van der Waals surface area contributed by atoms with Crippen LogP contribution in [0.5, 0.6) is 0 Å². The largest absolute Gasteiger partial charge is 0.419 e. The average molecular weight is 393 g/mol. The van der Waals surface area contributed by atoms with Crippen LogP contribution < -0.4 is 21.9 Å². The van der Waals surface area contributed by atoms with Gasteiger partial charge in [0.25, 0.3) is 0 Å². The fourth-order valence-electron chi connectivity index (χ4n) is 2.78. The molecule has 148 valence electrons. The van der Waals surface area contributed by atoms with Crippen molar-refractivity contribution in [1.29, 1.82) is 0 Å². The number of aromatic nitrogens is 1. The first-order valence-electron chi connectivity index (χ1n) is 9.42. The van der Waals surface area contributed by atoms with Crippen LogP contribution in [0.2, 0.25) is 0 Å². The summed E-state index contributed by atoms with van der Waals surface area (Å²) in [6.07, 6.45) is 4.97. The Kier molecular flexibility index (Phi) is 8.32. The Morgan fingerprint density at radius 2 is 2.04 bits per heavy atom. The first-order valence-corrected chi connectivity index (χ1v) is 9.83. The van der Waals surface area contributed by atoms with Gasteiger partial charge in [-0.3, -0.25) is 20.2 Å². The van der Waals surface area contributed by atoms with Crippen molar-refractivity contribution in [2.75, 3.05) is 6.54 Å². The van der Waals surface area contributed by atoms with Crippen LogP contribution in [0.15, 0.2) is 33.5 Å². The number of nitrogens with one attached hydrogen (secondary N) is 3. The zero-order valence-corrected chi connectivity index (χ0v) is 16.7. The highest BCUT2D eigenvalue weighted by atomic mass is 32.1. The Morgan fingerprint density at radius 3 is 2.81 bits per heavy atom. The number of oxazole rings is 1. The van der Waals surface area contributed by atoms with Gasteiger partial charge < -0.3 is 9.73 Å². The number of amides is 1. The number of carbonyl (C=O) groups excluding carboxylic acids is 1. The van der Waals surface area contributed by atoms with E-state index >= 15 is 0 Å². The van der Waals surface area contributed by atoms with Gasteiger partial charge >= 0.3 is 5.76 Å². The van der Waals surface area contributed by atoms with E-state index in [4.69, 9.17) is 16.6 Å². The molecule has 0 aliphatic carbocycles. The summed E-state index contributed by atoms with van der Waals surface area (Å²) in [5, 5.41) is 3.49. The number of hydrogen-bond acceptors (Lipinski definition) is 4. The van der Waals surface area contributed by atoms with Crippen LogP contribution in [0.1, 0.15) is 46.0 Å². The maximum atomic E-state index is 12.0. The van der Waals surface area contributed by atoms with E-state index in [9.17, 15) is 9.59 Å². The lowest BCUT2D eigenvalue weighted by molar-refractivity contribution is -0.121. The smallest absolute Gasteiger partial charge is 0.408 e. The number of rotatable bonds is 9. The SMILES string of the molecule is CCCCC[C@@H](C)CNC(=S)NNC(=O)CCn1c(=O)oc2ccccc21. The summed E-state index contributed by atoms with van der Waals surface area (Å²) >= 11 is 5.17. The molecule has 2 rings (SSSR count). The van der Waals surface area contributed by atoms with Crippen molar-refractivity contribution in [2.24, 2.45) is 5.92 Å². The molecule has 0 saturated carbocycles. The number of fused-ring (bicyclic) bond motifs is 1. The van der Waals surface area contributed by atoms with E-state index in [1.807, 2.05) is 6.07 Å². The molecular formula is C19H28N4O3S. The van der Waals surface area contributed by atoms with Crippen LogP contribution >= 0.6 is 12.2 Å². The molecule has 0 unspecified atom stereocenters. The Bertz CT molecular complexity index is 815. The number of carbonyl (C=O) groups is 1. The summed E-state index contributed by atoms with van der Waals surface area (Å²) in [6, 6.07) is 7.13. The molecule has 1 aromatic carbocycles. The molecule has 1 amide bonds. The molecule has 1 atom stereocenters. The van der Waals surface area contributed by atoms with Gasteiger partial charge in [-0.2, -0.15) is 0 Å². The Morgan fingerprint density at radius 1 is 1.26 bits per heavy atom. The van der Waals surface area contributed by atoms with Crippen molar-refractivity contribution in [3.63, 3.8) is 0 Å². The van der Waals surface area contributed by atoms with Gasteiger partial charge in [0.05, 0.1) is 5.52 Å². The Balaban J connectivity index is 1.69. The van der Waals surface area contributed by atoms with Crippen molar-refractivity contribution in [3.05, 3.63) is 34.8 Å². The summed E-state index contributed by atoms with van der Waals surface area (Å²) in [6.45, 7) is 5.37. The third kappa shape index (κ3) is 6.71. The molecule has 1 heterocycles. The Hall–Kier alpha value is -2.35. The lowest BCUT2D eigenvalue weighted by Gasteiger charge is -2.15. The van der Waals surface area contributed by atoms with E-state index in [0.29, 0.717) is 22.1 Å². The van der Waals surface area contributed by atoms with Crippen LogP contribution in [-0.4, -0.2) is 22.1 Å². The molecule has 0 aliphatic heterocycles. The predicted molar refractivity (Wildman–Crippen MR) is 110 cm³/mol. The van der Waals surface area contributed by atoms with Gasteiger partial charge in [0.2, 0.25) is 5.91 Å². The van der Waals surface area contributed by atoms with E-state index in [2.05, 4.69) is 30.0 Å². The summed E-state index contributed by atoms with van der Waals surface area (Å²) in [5.74, 6) is -0.202. The molecule has 7 nitrogen and oxygen atoms in total. The molecule has 2 aromatic rings. The summed E-state index contributed by atoms with van der Waals surface area (Å²) in [5.41, 5.74) is 6.44. The highest BCUT2D eigenvalue weighted by molar-refractivity contribution is 7.80. The number of hydrogen-bond donors (Lipinski definition) is 3. The van der Waals surface area contributed by atoms with Gasteiger partial charge in [0, 0.05) is 19.5 Å². The Labute approximate surface area is 164 Å². The molecule has 8 heteroatoms. The molecule has 0 fully saturated rings. The second-order valence-corrected chi connectivity index (χ2v) is 7.13. The minimum atomic E-state index is -0.466. The van der Waals surface area contributed by atoms with E-state index in [0.717, 1.165) is 13.0 Å². The number of unbranched alkanes of at least 4 members (excludes halogenated alkanes) is 2. The number of nitrogens with zero attached hydrogens (tertiary/aromatic N) is 1. The number of para-hydroxylation sites is 2. The number of aryl methyl sites for hydroxylation is 1. The maximum absolute atomic E-state index is 12.0. The zero-order valence-electron chi connectivity index (χ0n) is 15.9. The lowest BCUT2D eigenvalue weighted by atomic mass is 10.0. The van der Waals surface area contributed by atoms with Crippen LogP contribution in [0.25, 0.3) is 11.1 Å². The van der Waals surface area contributed by atoms with Crippen molar-refractivity contribution < 1.29 is 9.21 Å². The van der Waals surface area contributed by atoms with E-state index in [-0.39, 0.29) is 18.9 Å². The fourth-order valence-corrected chi connectivity index (χ4v) is 2.92. The first-order chi connectivity index (χ1) is 13.0. The van der Waals surface area contributed by atoms with Crippen LogP contribution in [0, 0.1) is 5.92 Å². The average Bonchev–Trinajstić information content (AvgIpc) is 2.98. The standard InChI is InChI=1S/C19H28N4O3S/c1-3-4-5-8-14(2)13-20-18(27)22-21-17(24)11-12-23-15-9-6-7-10-16(15)26-19(23)25/h6-7,9-10,14H,3-5,8,11-13H2,1-2H3,(H,21,24)(H2,20,22,27)/t14-/m1/s1. The van der Waals surface area contributed by atoms with Gasteiger partial charge in [-0.1, -0.05) is 45.2 Å². The van der Waals surface area contributed by atoms with Gasteiger partial charge in [0.15, 0.2) is 10.7 Å². The molecular weight excluding hydrogens is 364 g/mol. The summed E-state index contributed by atoms with van der Waals surface area (Å²) in [4.78, 5) is 23.9. The van der Waals surface area contributed by atoms with E-state index < -0.39 is 5.76 Å². The molecule has 0 bridgehead atoms. The van der Waals surface area contributed by atoms with Gasteiger partial charge in [-0.25, -0.2) is 4.79 Å². The van der Waals surface area contributed by atoms with Crippen molar-refractivity contribution in [2.45, 2.75) is 52.5 Å². The molecule has 0 spiro atoms. The van der Waals surface area contributed by atoms with Gasteiger partial charge in [0.1, 0.15) is 0 Å². The zero-order chi connectivity index (χ0) is 19.6. The van der Waals surface area contributed by atoms with E-state index in [1.165, 1.54) is 23.8 Å². The minimum absolute atomic E-state index is 0.131. The highest BCUT2D eigenvalue weighted by Gasteiger charge is 2.10. The van der Waals surface area contributed by atoms with Gasteiger partial charge in [-0.15, -0.1) is 0 Å². The van der Waals surface area contributed by atoms with Crippen molar-refractivity contribution in [3.8, 4) is 0 Å². The highest BCUT2D eigenvalue weighted by Crippen LogP contribution is 2.12. The van der Waals surface area contributed by atoms with Crippen LogP contribution in [0.4, 0.5) is 0 Å². The molecule has 0 radical (unpaired) electrons. The second kappa shape index (κ2) is 10.7. The molecule has 3 N–H and O–H groups in total. The monoisotopic (exact) mass is 392 g/mol. The lowest BCUT2D eigenvalue weighted by Crippen LogP contribution is -2.47. The summed E-state index contributed by atoms with van der Waals surface area (Å²) in [7, 11) is 0. The normalized spacial score (nSPS) is 11.9. The minimum Gasteiger partial charge on any atom is -0.408 e. The summed E-state index contributed by atoms with van der Waals surface area (Å²) < 4.78 is 6.60. The first kappa shape index (κ1) is 21.0. The van der Waals surface area contributed by atoms with Crippen molar-refractivity contribution >= 4 is 34.3 Å². The number of hydrazine groups is 1. The van der Waals surface area contributed by atoms with Crippen LogP contribution in [-0.2, 0) is 11.3 Å². The second-order valence-electron chi connectivity index (χ2n) is 6.72. The molecule has 1 aromatic heterocycles. The maximum Gasteiger partial charge on any atom is 0.419 e. The quantitative estimate of drug-likeness (QED) is 0.345. The predicted octanol–water partition coefficient (Wildman–Crippen LogP) is 2.70. The van der Waals surface area contributed by atoms with Crippen molar-refractivity contribution in [1.82, 2.24) is 20.7 Å². The number of benzene rings is 1. The molecule has 27 heavy (non-hydrogen) atoms. The van der Waals surface area contributed by atoms with Crippen LogP contribution in [0.3, 0.4) is 0 Å². The van der Waals surface area contributed by atoms with Gasteiger partial charge in [-0.05, 0) is 36.7 Å². The molecule has 0 aliphatic rings.